The van der Waals surface area contributed by atoms with Gasteiger partial charge in [0.05, 0.1) is 11.5 Å². The molecule has 3 rings (SSSR count). The fourth-order valence-corrected chi connectivity index (χ4v) is 3.84. The van der Waals surface area contributed by atoms with Crippen LogP contribution in [0.4, 0.5) is 11.4 Å². The summed E-state index contributed by atoms with van der Waals surface area (Å²) in [5, 5.41) is 14.2. The number of aryl methyl sites for hydroxylation is 2. The number of ether oxygens (including phenoxy) is 1. The van der Waals surface area contributed by atoms with Gasteiger partial charge >= 0.3 is 5.97 Å². The molecule has 0 bridgehead atoms. The van der Waals surface area contributed by atoms with Gasteiger partial charge < -0.3 is 15.0 Å². The number of carbonyl (C=O) groups excluding carboxylic acids is 3. The molecule has 0 aromatic heterocycles. The number of benzene rings is 2. The van der Waals surface area contributed by atoms with Crippen LogP contribution in [-0.2, 0) is 14.3 Å². The first-order chi connectivity index (χ1) is 16.2. The van der Waals surface area contributed by atoms with E-state index in [0.717, 1.165) is 22.9 Å². The summed E-state index contributed by atoms with van der Waals surface area (Å²) in [7, 11) is 0. The van der Waals surface area contributed by atoms with Crippen molar-refractivity contribution < 1.29 is 24.0 Å². The van der Waals surface area contributed by atoms with Crippen LogP contribution in [0.25, 0.3) is 0 Å². The summed E-state index contributed by atoms with van der Waals surface area (Å²) < 4.78 is 5.00. The number of carbonyl (C=O) groups is 3. The molecule has 1 fully saturated rings. The van der Waals surface area contributed by atoms with E-state index >= 15 is 0 Å². The summed E-state index contributed by atoms with van der Waals surface area (Å²) in [6, 6.07) is 9.38. The highest BCUT2D eigenvalue weighted by Crippen LogP contribution is 2.24. The molecule has 0 unspecified atom stereocenters. The summed E-state index contributed by atoms with van der Waals surface area (Å²) in [4.78, 5) is 51.0. The van der Waals surface area contributed by atoms with Crippen molar-refractivity contribution >= 4 is 40.8 Å². The van der Waals surface area contributed by atoms with Crippen LogP contribution in [0, 0.1) is 24.0 Å². The summed E-state index contributed by atoms with van der Waals surface area (Å²) in [5.41, 5.74) is 2.02. The number of halogens is 1. The SMILES string of the molecule is Cc1cccc(C)c1NC(=O)CN1CCN(C(=O)COC(=O)c2ccc(Cl)cc2[N+](=O)[O-])CC1. The average molecular weight is 489 g/mol. The lowest BCUT2D eigenvalue weighted by atomic mass is 10.1. The number of para-hydroxylation sites is 1. The van der Waals surface area contributed by atoms with Crippen LogP contribution >= 0.6 is 11.6 Å². The van der Waals surface area contributed by atoms with Gasteiger partial charge in [-0.15, -0.1) is 0 Å². The van der Waals surface area contributed by atoms with Gasteiger partial charge in [-0.25, -0.2) is 4.79 Å². The molecule has 180 valence electrons. The zero-order valence-electron chi connectivity index (χ0n) is 18.9. The molecule has 2 aromatic carbocycles. The van der Waals surface area contributed by atoms with E-state index < -0.39 is 29.1 Å². The highest BCUT2D eigenvalue weighted by molar-refractivity contribution is 6.31. The van der Waals surface area contributed by atoms with Crippen LogP contribution in [-0.4, -0.2) is 71.8 Å². The third kappa shape index (κ3) is 6.30. The molecule has 34 heavy (non-hydrogen) atoms. The van der Waals surface area contributed by atoms with Crippen molar-refractivity contribution in [3.05, 3.63) is 68.2 Å². The van der Waals surface area contributed by atoms with Crippen molar-refractivity contribution in [2.45, 2.75) is 13.8 Å². The van der Waals surface area contributed by atoms with Crippen molar-refractivity contribution in [3.63, 3.8) is 0 Å². The molecule has 11 heteroatoms. The Bertz CT molecular complexity index is 1090. The Morgan fingerprint density at radius 1 is 1.09 bits per heavy atom. The summed E-state index contributed by atoms with van der Waals surface area (Å²) in [6.07, 6.45) is 0. The first-order valence-corrected chi connectivity index (χ1v) is 11.0. The Balaban J connectivity index is 1.46. The number of anilines is 1. The lowest BCUT2D eigenvalue weighted by Crippen LogP contribution is -2.51. The number of esters is 1. The minimum Gasteiger partial charge on any atom is -0.452 e. The number of nitrogens with one attached hydrogen (secondary N) is 1. The Morgan fingerprint density at radius 3 is 2.35 bits per heavy atom. The summed E-state index contributed by atoms with van der Waals surface area (Å²) in [6.45, 7) is 5.25. The van der Waals surface area contributed by atoms with Crippen molar-refractivity contribution in [1.82, 2.24) is 9.80 Å². The molecule has 1 aliphatic heterocycles. The third-order valence-electron chi connectivity index (χ3n) is 5.54. The standard InChI is InChI=1S/C23H25ClN4O6/c1-15-4-3-5-16(2)22(15)25-20(29)13-26-8-10-27(11-9-26)21(30)14-34-23(31)18-7-6-17(24)12-19(18)28(32)33/h3-7,12H,8-11,13-14H2,1-2H3,(H,25,29). The molecule has 2 amide bonds. The molecule has 10 nitrogen and oxygen atoms in total. The molecule has 1 saturated heterocycles. The maximum absolute atomic E-state index is 12.5. The minimum atomic E-state index is -0.974. The maximum atomic E-state index is 12.5. The minimum absolute atomic E-state index is 0.111. The largest absolute Gasteiger partial charge is 0.452 e. The fraction of sp³-hybridized carbons (Fsp3) is 0.348. The third-order valence-corrected chi connectivity index (χ3v) is 5.78. The summed E-state index contributed by atoms with van der Waals surface area (Å²) in [5.74, 6) is -1.52. The number of nitro benzene ring substituents is 1. The molecular weight excluding hydrogens is 464 g/mol. The average Bonchev–Trinajstić information content (AvgIpc) is 2.80. The van der Waals surface area contributed by atoms with Gasteiger partial charge in [-0.1, -0.05) is 29.8 Å². The topological polar surface area (TPSA) is 122 Å². The number of hydrogen-bond donors (Lipinski definition) is 1. The maximum Gasteiger partial charge on any atom is 0.345 e. The van der Waals surface area contributed by atoms with Crippen molar-refractivity contribution in [1.29, 1.82) is 0 Å². The number of rotatable bonds is 7. The molecule has 1 aliphatic rings. The van der Waals surface area contributed by atoms with Gasteiger partial charge in [0.1, 0.15) is 5.56 Å². The second-order valence-electron chi connectivity index (χ2n) is 7.97. The van der Waals surface area contributed by atoms with E-state index in [0.29, 0.717) is 26.2 Å². The summed E-state index contributed by atoms with van der Waals surface area (Å²) >= 11 is 5.75. The van der Waals surface area contributed by atoms with E-state index in [1.54, 1.807) is 0 Å². The molecule has 0 saturated carbocycles. The first kappa shape index (κ1) is 25.1. The van der Waals surface area contributed by atoms with Crippen LogP contribution in [0.1, 0.15) is 21.5 Å². The quantitative estimate of drug-likeness (QED) is 0.361. The number of amides is 2. The van der Waals surface area contributed by atoms with Crippen molar-refractivity contribution in [3.8, 4) is 0 Å². The van der Waals surface area contributed by atoms with E-state index in [-0.39, 0.29) is 23.0 Å². The number of piperazine rings is 1. The zero-order chi connectivity index (χ0) is 24.8. The second kappa shape index (κ2) is 11.1. The predicted octanol–water partition coefficient (Wildman–Crippen LogP) is 2.80. The van der Waals surface area contributed by atoms with Crippen LogP contribution < -0.4 is 5.32 Å². The highest BCUT2D eigenvalue weighted by atomic mass is 35.5. The van der Waals surface area contributed by atoms with Crippen molar-refractivity contribution in [2.75, 3.05) is 44.6 Å². The predicted molar refractivity (Wildman–Crippen MR) is 126 cm³/mol. The molecule has 0 atom stereocenters. The Morgan fingerprint density at radius 2 is 1.74 bits per heavy atom. The van der Waals surface area contributed by atoms with Gasteiger partial charge in [0.2, 0.25) is 5.91 Å². The van der Waals surface area contributed by atoms with Crippen molar-refractivity contribution in [2.24, 2.45) is 0 Å². The van der Waals surface area contributed by atoms with Crippen LogP contribution in [0.5, 0.6) is 0 Å². The number of nitro groups is 1. The van der Waals surface area contributed by atoms with Gasteiger partial charge in [0.25, 0.3) is 11.6 Å². The molecule has 1 heterocycles. The smallest absolute Gasteiger partial charge is 0.345 e. The molecule has 1 N–H and O–H groups in total. The monoisotopic (exact) mass is 488 g/mol. The Kier molecular flexibility index (Phi) is 8.19. The molecule has 0 spiro atoms. The Labute approximate surface area is 201 Å². The zero-order valence-corrected chi connectivity index (χ0v) is 19.6. The van der Waals surface area contributed by atoms with E-state index in [1.165, 1.54) is 17.0 Å². The van der Waals surface area contributed by atoms with Crippen LogP contribution in [0.2, 0.25) is 5.02 Å². The van der Waals surface area contributed by atoms with Gasteiger partial charge in [-0.2, -0.15) is 0 Å². The lowest BCUT2D eigenvalue weighted by Gasteiger charge is -2.34. The molecular formula is C23H25ClN4O6. The number of nitrogens with zero attached hydrogens (tertiary/aromatic N) is 3. The van der Waals surface area contributed by atoms with Gasteiger partial charge in [-0.05, 0) is 37.1 Å². The van der Waals surface area contributed by atoms with Gasteiger partial charge in [0.15, 0.2) is 6.61 Å². The Hall–Kier alpha value is -3.50. The van der Waals surface area contributed by atoms with E-state index in [9.17, 15) is 24.5 Å². The van der Waals surface area contributed by atoms with Gasteiger partial charge in [-0.3, -0.25) is 24.6 Å². The fourth-order valence-electron chi connectivity index (χ4n) is 3.67. The molecule has 0 aliphatic carbocycles. The van der Waals surface area contributed by atoms with E-state index in [4.69, 9.17) is 16.3 Å². The number of hydrogen-bond acceptors (Lipinski definition) is 7. The lowest BCUT2D eigenvalue weighted by molar-refractivity contribution is -0.385. The molecule has 0 radical (unpaired) electrons. The van der Waals surface area contributed by atoms with E-state index in [2.05, 4.69) is 5.32 Å². The second-order valence-corrected chi connectivity index (χ2v) is 8.40. The highest BCUT2D eigenvalue weighted by Gasteiger charge is 2.26. The first-order valence-electron chi connectivity index (χ1n) is 10.6. The normalized spacial score (nSPS) is 13.9. The van der Waals surface area contributed by atoms with Crippen LogP contribution in [0.15, 0.2) is 36.4 Å². The van der Waals surface area contributed by atoms with E-state index in [1.807, 2.05) is 36.9 Å². The molecule has 2 aromatic rings. The van der Waals surface area contributed by atoms with Crippen LogP contribution in [0.3, 0.4) is 0 Å². The van der Waals surface area contributed by atoms with Gasteiger partial charge in [0, 0.05) is 43.0 Å².